The molecule has 1 aliphatic carbocycles. The summed E-state index contributed by atoms with van der Waals surface area (Å²) in [6, 6.07) is 8.78. The molecule has 0 amide bonds. The van der Waals surface area contributed by atoms with Gasteiger partial charge < -0.3 is 5.11 Å². The molecule has 152 valence electrons. The summed E-state index contributed by atoms with van der Waals surface area (Å²) in [6.45, 7) is 0.0865. The van der Waals surface area contributed by atoms with E-state index in [2.05, 4.69) is 0 Å². The minimum absolute atomic E-state index is 0.0503. The number of benzene rings is 2. The van der Waals surface area contributed by atoms with Crippen molar-refractivity contribution in [2.45, 2.75) is 48.2 Å². The highest BCUT2D eigenvalue weighted by atomic mass is 35.5. The fourth-order valence-electron chi connectivity index (χ4n) is 4.18. The number of aliphatic hydroxyl groups is 1. The molecule has 1 saturated carbocycles. The van der Waals surface area contributed by atoms with E-state index in [0.29, 0.717) is 24.3 Å². The van der Waals surface area contributed by atoms with E-state index in [4.69, 9.17) is 16.7 Å². The molecule has 0 unspecified atom stereocenters. The summed E-state index contributed by atoms with van der Waals surface area (Å²) in [6.07, 6.45) is 2.99. The van der Waals surface area contributed by atoms with Crippen LogP contribution in [0.2, 0.25) is 5.02 Å². The van der Waals surface area contributed by atoms with Gasteiger partial charge in [-0.25, -0.2) is 17.2 Å². The summed E-state index contributed by atoms with van der Waals surface area (Å²) in [7, 11) is -3.99. The maximum Gasteiger partial charge on any atom is 0.188 e. The van der Waals surface area contributed by atoms with E-state index >= 15 is 0 Å². The Morgan fingerprint density at radius 3 is 2.32 bits per heavy atom. The second-order valence-electron chi connectivity index (χ2n) is 7.39. The van der Waals surface area contributed by atoms with Gasteiger partial charge in [0.1, 0.15) is 16.4 Å². The van der Waals surface area contributed by atoms with Crippen LogP contribution in [0.5, 0.6) is 0 Å². The van der Waals surface area contributed by atoms with Gasteiger partial charge in [-0.05, 0) is 86.9 Å². The first-order chi connectivity index (χ1) is 13.3. The van der Waals surface area contributed by atoms with E-state index in [9.17, 15) is 17.2 Å². The Kier molecular flexibility index (Phi) is 6.42. The van der Waals surface area contributed by atoms with Crippen molar-refractivity contribution in [3.63, 3.8) is 0 Å². The van der Waals surface area contributed by atoms with Gasteiger partial charge in [0, 0.05) is 17.2 Å². The zero-order valence-corrected chi connectivity index (χ0v) is 16.9. The lowest BCUT2D eigenvalue weighted by molar-refractivity contribution is 0.234. The molecule has 1 aliphatic rings. The van der Waals surface area contributed by atoms with E-state index < -0.39 is 26.2 Å². The van der Waals surface area contributed by atoms with E-state index in [1.807, 2.05) is 0 Å². The van der Waals surface area contributed by atoms with Crippen molar-refractivity contribution in [2.75, 3.05) is 6.61 Å². The molecule has 0 aliphatic heterocycles. The van der Waals surface area contributed by atoms with Crippen molar-refractivity contribution in [3.8, 4) is 0 Å². The first kappa shape index (κ1) is 21.2. The molecule has 0 heterocycles. The van der Waals surface area contributed by atoms with Gasteiger partial charge >= 0.3 is 0 Å². The van der Waals surface area contributed by atoms with Crippen molar-refractivity contribution < 1.29 is 22.3 Å². The van der Waals surface area contributed by atoms with Crippen LogP contribution in [0, 0.1) is 17.6 Å². The molecule has 0 aromatic heterocycles. The summed E-state index contributed by atoms with van der Waals surface area (Å²) in [4.78, 5) is 0.0503. The minimum atomic E-state index is -3.99. The maximum atomic E-state index is 14.7. The van der Waals surface area contributed by atoms with Gasteiger partial charge in [-0.3, -0.25) is 0 Å². The van der Waals surface area contributed by atoms with E-state index in [1.165, 1.54) is 24.3 Å². The van der Waals surface area contributed by atoms with Gasteiger partial charge in [0.2, 0.25) is 0 Å². The zero-order chi connectivity index (χ0) is 20.4. The van der Waals surface area contributed by atoms with Gasteiger partial charge in [-0.1, -0.05) is 11.6 Å². The lowest BCUT2D eigenvalue weighted by Crippen LogP contribution is -2.40. The molecule has 1 fully saturated rings. The third-order valence-electron chi connectivity index (χ3n) is 5.74. The lowest BCUT2D eigenvalue weighted by Gasteiger charge is -2.40. The van der Waals surface area contributed by atoms with Crippen molar-refractivity contribution in [1.82, 2.24) is 0 Å². The maximum absolute atomic E-state index is 14.7. The lowest BCUT2D eigenvalue weighted by atomic mass is 9.76. The second-order valence-corrected chi connectivity index (χ2v) is 10.1. The molecule has 7 heteroatoms. The Hall–Kier alpha value is -1.50. The standard InChI is InChI=1S/C21H23ClF2O3S/c22-16-3-6-18(7-4-16)28(26,27)21(19-14-17(23)5-8-20(19)24)11-9-15(10-12-21)2-1-13-25/h3-8,14-15,25H,1-2,9-13H2. The van der Waals surface area contributed by atoms with Gasteiger partial charge in [-0.15, -0.1) is 0 Å². The molecular formula is C21H23ClF2O3S. The van der Waals surface area contributed by atoms with Gasteiger partial charge in [-0.2, -0.15) is 0 Å². The highest BCUT2D eigenvalue weighted by Crippen LogP contribution is 2.49. The third kappa shape index (κ3) is 3.95. The molecule has 3 rings (SSSR count). The quantitative estimate of drug-likeness (QED) is 0.683. The number of hydrogen-bond acceptors (Lipinski definition) is 3. The van der Waals surface area contributed by atoms with Crippen LogP contribution in [0.4, 0.5) is 8.78 Å². The molecule has 0 radical (unpaired) electrons. The minimum Gasteiger partial charge on any atom is -0.396 e. The molecule has 2 aromatic carbocycles. The molecule has 3 nitrogen and oxygen atoms in total. The molecular weight excluding hydrogens is 406 g/mol. The Morgan fingerprint density at radius 2 is 1.71 bits per heavy atom. The first-order valence-corrected chi connectivity index (χ1v) is 11.2. The van der Waals surface area contributed by atoms with E-state index in [-0.39, 0.29) is 35.8 Å². The number of rotatable bonds is 6. The fraction of sp³-hybridized carbons (Fsp3) is 0.429. The topological polar surface area (TPSA) is 54.4 Å². The third-order valence-corrected chi connectivity index (χ3v) is 8.54. The Labute approximate surface area is 169 Å². The molecule has 0 spiro atoms. The van der Waals surface area contributed by atoms with Crippen molar-refractivity contribution in [3.05, 3.63) is 64.7 Å². The second kappa shape index (κ2) is 8.47. The summed E-state index contributed by atoms with van der Waals surface area (Å²) < 4.78 is 54.4. The summed E-state index contributed by atoms with van der Waals surface area (Å²) in [5, 5.41) is 9.45. The van der Waals surface area contributed by atoms with Crippen LogP contribution in [0.25, 0.3) is 0 Å². The van der Waals surface area contributed by atoms with Gasteiger partial charge in [0.05, 0.1) is 4.90 Å². The van der Waals surface area contributed by atoms with Crippen LogP contribution in [0.1, 0.15) is 44.1 Å². The average Bonchev–Trinajstić information content (AvgIpc) is 2.69. The van der Waals surface area contributed by atoms with Crippen molar-refractivity contribution in [1.29, 1.82) is 0 Å². The van der Waals surface area contributed by atoms with Gasteiger partial charge in [0.15, 0.2) is 9.84 Å². The normalized spacial score (nSPS) is 22.9. The van der Waals surface area contributed by atoms with Crippen molar-refractivity contribution >= 4 is 21.4 Å². The molecule has 2 aromatic rings. The van der Waals surface area contributed by atoms with Crippen LogP contribution in [-0.4, -0.2) is 20.1 Å². The summed E-state index contributed by atoms with van der Waals surface area (Å²) >= 11 is 5.89. The Balaban J connectivity index is 2.08. The highest BCUT2D eigenvalue weighted by Gasteiger charge is 2.49. The van der Waals surface area contributed by atoms with E-state index in [0.717, 1.165) is 24.6 Å². The summed E-state index contributed by atoms with van der Waals surface area (Å²) in [5.74, 6) is -1.12. The van der Waals surface area contributed by atoms with Crippen LogP contribution in [-0.2, 0) is 14.6 Å². The molecule has 0 atom stereocenters. The predicted octanol–water partition coefficient (Wildman–Crippen LogP) is 5.25. The largest absolute Gasteiger partial charge is 0.396 e. The van der Waals surface area contributed by atoms with Gasteiger partial charge in [0.25, 0.3) is 0 Å². The summed E-state index contributed by atoms with van der Waals surface area (Å²) in [5.41, 5.74) is -0.108. The zero-order valence-electron chi connectivity index (χ0n) is 15.4. The number of aliphatic hydroxyl groups excluding tert-OH is 1. The van der Waals surface area contributed by atoms with Crippen LogP contribution in [0.3, 0.4) is 0 Å². The number of hydrogen-bond donors (Lipinski definition) is 1. The van der Waals surface area contributed by atoms with Crippen LogP contribution >= 0.6 is 11.6 Å². The monoisotopic (exact) mass is 428 g/mol. The fourth-order valence-corrected chi connectivity index (χ4v) is 6.47. The molecule has 1 N–H and O–H groups in total. The number of sulfone groups is 1. The number of halogens is 3. The molecule has 0 bridgehead atoms. The SMILES string of the molecule is O=S(=O)(c1ccc(Cl)cc1)C1(c2cc(F)ccc2F)CCC(CCCO)CC1. The molecule has 28 heavy (non-hydrogen) atoms. The van der Waals surface area contributed by atoms with Crippen LogP contribution in [0.15, 0.2) is 47.4 Å². The first-order valence-electron chi connectivity index (χ1n) is 9.37. The highest BCUT2D eigenvalue weighted by molar-refractivity contribution is 7.92. The smallest absolute Gasteiger partial charge is 0.188 e. The average molecular weight is 429 g/mol. The van der Waals surface area contributed by atoms with E-state index in [1.54, 1.807) is 0 Å². The van der Waals surface area contributed by atoms with Crippen molar-refractivity contribution in [2.24, 2.45) is 5.92 Å². The predicted molar refractivity (Wildman–Crippen MR) is 105 cm³/mol. The Morgan fingerprint density at radius 1 is 1.07 bits per heavy atom. The Bertz CT molecular complexity index is 921. The molecule has 0 saturated heterocycles. The van der Waals surface area contributed by atoms with Crippen LogP contribution < -0.4 is 0 Å².